The molecule has 1 rings (SSSR count). The van der Waals surface area contributed by atoms with Crippen LogP contribution in [0.25, 0.3) is 0 Å². The molecule has 484 valence electrons. The predicted molar refractivity (Wildman–Crippen MR) is 342 cm³/mol. The minimum absolute atomic E-state index is 0.257. The van der Waals surface area contributed by atoms with Gasteiger partial charge in [-0.05, 0) is 51.4 Å². The van der Waals surface area contributed by atoms with Crippen molar-refractivity contribution in [3.05, 3.63) is 36.5 Å². The Labute approximate surface area is 505 Å². The Hall–Kier alpha value is -1.68. The van der Waals surface area contributed by atoms with E-state index in [4.69, 9.17) is 9.47 Å². The van der Waals surface area contributed by atoms with Crippen molar-refractivity contribution in [2.75, 3.05) is 13.2 Å². The summed E-state index contributed by atoms with van der Waals surface area (Å²) in [4.78, 5) is 13.2. The number of allylic oxidation sites excluding steroid dienone is 5. The van der Waals surface area contributed by atoms with Crippen molar-refractivity contribution < 1.29 is 51.8 Å². The number of ether oxygens (including phenoxy) is 2. The summed E-state index contributed by atoms with van der Waals surface area (Å²) in [6.45, 7) is 3.45. The lowest BCUT2D eigenvalue weighted by Gasteiger charge is -2.41. The van der Waals surface area contributed by atoms with E-state index in [0.717, 1.165) is 44.9 Å². The molecule has 13 heteroatoms. The van der Waals surface area contributed by atoms with Gasteiger partial charge in [-0.1, -0.05) is 320 Å². The molecule has 12 nitrogen and oxygen atoms in total. The number of hydrogen-bond donors (Lipinski definition) is 6. The zero-order valence-corrected chi connectivity index (χ0v) is 53.9. The molecule has 0 spiro atoms. The highest BCUT2D eigenvalue weighted by atomic mass is 32.3. The second-order valence-corrected chi connectivity index (χ2v) is 25.5. The zero-order chi connectivity index (χ0) is 59.7. The first-order valence-corrected chi connectivity index (χ1v) is 36.2. The maximum absolute atomic E-state index is 13.2. The van der Waals surface area contributed by atoms with Gasteiger partial charge in [0.15, 0.2) is 6.29 Å². The molecule has 0 radical (unpaired) electrons. The molecule has 0 aromatic heterocycles. The Morgan fingerprint density at radius 2 is 0.817 bits per heavy atom. The first-order valence-electron chi connectivity index (χ1n) is 34.9. The van der Waals surface area contributed by atoms with E-state index in [9.17, 15) is 38.2 Å². The molecule has 0 bridgehead atoms. The number of carbonyl (C=O) groups is 1. The first kappa shape index (κ1) is 78.3. The highest BCUT2D eigenvalue weighted by Gasteiger charge is 2.48. The van der Waals surface area contributed by atoms with Gasteiger partial charge in [0.25, 0.3) is 0 Å². The zero-order valence-electron chi connectivity index (χ0n) is 53.1. The van der Waals surface area contributed by atoms with Gasteiger partial charge >= 0.3 is 10.4 Å². The molecule has 0 aromatic rings. The largest absolute Gasteiger partial charge is 0.397 e. The molecule has 82 heavy (non-hydrogen) atoms. The number of aliphatic hydroxyl groups excluding tert-OH is 4. The Morgan fingerprint density at radius 3 is 1.16 bits per heavy atom. The monoisotopic (exact) mass is 1180 g/mol. The summed E-state index contributed by atoms with van der Waals surface area (Å²) < 4.78 is 48.0. The summed E-state index contributed by atoms with van der Waals surface area (Å²) in [7, 11) is -5.09. The standard InChI is InChI=1S/C69H131NO11S/c1-3-5-7-9-11-13-15-17-19-21-23-24-25-26-27-28-29-30-31-32-33-34-35-36-37-38-39-40-41-43-45-47-49-51-53-55-57-59-65(73)70-62(61-79-69-67(75)68(81-82(76,77)78)66(74)64(60-71)80-69)63(72)58-56-54-52-50-48-46-44-42-22-20-18-16-14-12-10-8-6-4-2/h27-28,30-31,56,58,62-64,66-69,71-72,74-75H,3-26,29,32-55,57,59-61H2,1-2H3,(H,70,73)(H,76,77,78)/b28-27-,31-30-,58-56+. The van der Waals surface area contributed by atoms with Crippen LogP contribution < -0.4 is 5.32 Å². The number of unbranched alkanes of at least 4 members (excludes halogenated alkanes) is 46. The minimum atomic E-state index is -5.09. The van der Waals surface area contributed by atoms with Crippen LogP contribution in [0.15, 0.2) is 36.5 Å². The summed E-state index contributed by atoms with van der Waals surface area (Å²) in [6.07, 6.45) is 68.0. The van der Waals surface area contributed by atoms with Gasteiger partial charge in [0, 0.05) is 6.42 Å². The van der Waals surface area contributed by atoms with Crippen LogP contribution in [0.4, 0.5) is 0 Å². The average Bonchev–Trinajstić information content (AvgIpc) is 3.60. The quantitative estimate of drug-likeness (QED) is 0.0193. The first-order chi connectivity index (χ1) is 40.0. The van der Waals surface area contributed by atoms with E-state index in [0.29, 0.717) is 6.42 Å². The fraction of sp³-hybridized carbons (Fsp3) is 0.899. The lowest BCUT2D eigenvalue weighted by atomic mass is 9.99. The maximum atomic E-state index is 13.2. The third-order valence-corrected chi connectivity index (χ3v) is 17.1. The molecule has 1 amide bonds. The van der Waals surface area contributed by atoms with Gasteiger partial charge in [-0.3, -0.25) is 9.35 Å². The summed E-state index contributed by atoms with van der Waals surface area (Å²) in [5.74, 6) is -0.257. The lowest BCUT2D eigenvalue weighted by Crippen LogP contribution is -2.61. The molecule has 0 aliphatic carbocycles. The second-order valence-electron chi connectivity index (χ2n) is 24.5. The van der Waals surface area contributed by atoms with Crippen LogP contribution in [0.5, 0.6) is 0 Å². The molecular formula is C69H131NO11S. The van der Waals surface area contributed by atoms with Gasteiger partial charge in [0.05, 0.1) is 25.4 Å². The molecule has 6 N–H and O–H groups in total. The number of amides is 1. The molecule has 1 heterocycles. The molecule has 1 aliphatic heterocycles. The fourth-order valence-corrected chi connectivity index (χ4v) is 11.8. The Bertz CT molecular complexity index is 1580. The van der Waals surface area contributed by atoms with E-state index in [1.54, 1.807) is 6.08 Å². The Balaban J connectivity index is 2.19. The summed E-state index contributed by atoms with van der Waals surface area (Å²) in [5.41, 5.74) is 0. The highest BCUT2D eigenvalue weighted by Crippen LogP contribution is 2.26. The third kappa shape index (κ3) is 49.4. The number of rotatable bonds is 62. The SMILES string of the molecule is CCCCCCCCCCCCCCC/C=C\C/C=C\CCCCCCCCCCCCCCCCCCCC(=O)NC(COC1OC(CO)C(O)C(OS(=O)(=O)O)C1O)C(O)/C=C/CCCCCCCCCCCCCCCCCC. The molecular weight excluding hydrogens is 1050 g/mol. The molecule has 1 saturated heterocycles. The van der Waals surface area contributed by atoms with E-state index in [1.807, 2.05) is 6.08 Å². The number of nitrogens with one attached hydrogen (secondary N) is 1. The number of aliphatic hydroxyl groups is 4. The minimum Gasteiger partial charge on any atom is -0.394 e. The maximum Gasteiger partial charge on any atom is 0.397 e. The van der Waals surface area contributed by atoms with Crippen molar-refractivity contribution in [3.63, 3.8) is 0 Å². The van der Waals surface area contributed by atoms with E-state index in [1.165, 1.54) is 270 Å². The van der Waals surface area contributed by atoms with Crippen molar-refractivity contribution in [1.29, 1.82) is 0 Å². The fourth-order valence-electron chi connectivity index (χ4n) is 11.3. The normalized spacial score (nSPS) is 18.6. The van der Waals surface area contributed by atoms with Gasteiger partial charge in [0.2, 0.25) is 5.91 Å². The number of hydrogen-bond acceptors (Lipinski definition) is 10. The molecule has 0 saturated carbocycles. The summed E-state index contributed by atoms with van der Waals surface area (Å²) in [6, 6.07) is -0.944. The smallest absolute Gasteiger partial charge is 0.394 e. The van der Waals surface area contributed by atoms with Crippen molar-refractivity contribution in [2.24, 2.45) is 0 Å². The van der Waals surface area contributed by atoms with E-state index >= 15 is 0 Å². The lowest BCUT2D eigenvalue weighted by molar-refractivity contribution is -0.298. The van der Waals surface area contributed by atoms with Gasteiger partial charge in [-0.2, -0.15) is 8.42 Å². The highest BCUT2D eigenvalue weighted by molar-refractivity contribution is 7.80. The topological polar surface area (TPSA) is 192 Å². The number of carbonyl (C=O) groups excluding carboxylic acids is 1. The average molecular weight is 1180 g/mol. The van der Waals surface area contributed by atoms with Crippen LogP contribution in [0.2, 0.25) is 0 Å². The molecule has 0 aromatic carbocycles. The van der Waals surface area contributed by atoms with Gasteiger partial charge in [-0.25, -0.2) is 4.18 Å². The molecule has 1 aliphatic rings. The Morgan fingerprint density at radius 1 is 0.488 bits per heavy atom. The summed E-state index contributed by atoms with van der Waals surface area (Å²) in [5, 5.41) is 45.1. The van der Waals surface area contributed by atoms with Crippen molar-refractivity contribution >= 4 is 16.3 Å². The van der Waals surface area contributed by atoms with E-state index in [-0.39, 0.29) is 18.9 Å². The van der Waals surface area contributed by atoms with Crippen LogP contribution in [0.1, 0.15) is 341 Å². The predicted octanol–water partition coefficient (Wildman–Crippen LogP) is 18.1. The van der Waals surface area contributed by atoms with Crippen LogP contribution >= 0.6 is 0 Å². The third-order valence-electron chi connectivity index (χ3n) is 16.7. The van der Waals surface area contributed by atoms with Crippen LogP contribution in [-0.4, -0.2) is 95.4 Å². The second kappa shape index (κ2) is 58.3. The van der Waals surface area contributed by atoms with Gasteiger partial charge in [-0.15, -0.1) is 0 Å². The summed E-state index contributed by atoms with van der Waals surface area (Å²) >= 11 is 0. The van der Waals surface area contributed by atoms with Crippen molar-refractivity contribution in [3.8, 4) is 0 Å². The van der Waals surface area contributed by atoms with Crippen LogP contribution in [-0.2, 0) is 28.9 Å². The van der Waals surface area contributed by atoms with Crippen molar-refractivity contribution in [2.45, 2.75) is 384 Å². The molecule has 1 fully saturated rings. The van der Waals surface area contributed by atoms with Crippen molar-refractivity contribution in [1.82, 2.24) is 5.32 Å². The van der Waals surface area contributed by atoms with E-state index < -0.39 is 59.9 Å². The Kier molecular flexibility index (Phi) is 55.7. The molecule has 7 unspecified atom stereocenters. The van der Waals surface area contributed by atoms with Gasteiger partial charge < -0.3 is 35.2 Å². The van der Waals surface area contributed by atoms with Gasteiger partial charge in [0.1, 0.15) is 24.4 Å². The van der Waals surface area contributed by atoms with Crippen LogP contribution in [0.3, 0.4) is 0 Å². The van der Waals surface area contributed by atoms with Crippen LogP contribution in [0, 0.1) is 0 Å². The molecule has 7 atom stereocenters. The van der Waals surface area contributed by atoms with E-state index in [2.05, 4.69) is 47.7 Å².